The number of nitrogens with zero attached hydrogens (tertiary/aromatic N) is 2. The van der Waals surface area contributed by atoms with Gasteiger partial charge in [-0.25, -0.2) is 0 Å². The van der Waals surface area contributed by atoms with E-state index in [1.807, 2.05) is 12.1 Å². The molecule has 0 fully saturated rings. The Morgan fingerprint density at radius 2 is 1.68 bits per heavy atom. The minimum atomic E-state index is -0.445. The molecule has 0 radical (unpaired) electrons. The van der Waals surface area contributed by atoms with E-state index in [-0.39, 0.29) is 23.9 Å². The summed E-state index contributed by atoms with van der Waals surface area (Å²) in [7, 11) is 1.54. The number of Topliss-reactive ketones (excluding diaryl/α,β-unsaturated/α-hetero) is 2. The quantitative estimate of drug-likeness (QED) is 0.277. The number of hydrogen-bond acceptors (Lipinski definition) is 7. The fraction of sp³-hybridized carbons (Fsp3) is 0.379. The van der Waals surface area contributed by atoms with Gasteiger partial charge in [-0.05, 0) is 71.8 Å². The van der Waals surface area contributed by atoms with Gasteiger partial charge < -0.3 is 14.4 Å². The summed E-state index contributed by atoms with van der Waals surface area (Å²) in [6, 6.07) is 10.0. The van der Waals surface area contributed by atoms with Gasteiger partial charge in [0.05, 0.1) is 16.5 Å². The second-order valence-electron chi connectivity index (χ2n) is 9.70. The molecule has 8 nitrogen and oxygen atoms in total. The number of carbonyl (C=O) groups is 2. The van der Waals surface area contributed by atoms with E-state index in [0.717, 1.165) is 60.3 Å². The van der Waals surface area contributed by atoms with Crippen LogP contribution in [0, 0.1) is 10.1 Å². The van der Waals surface area contributed by atoms with Crippen molar-refractivity contribution >= 4 is 33.2 Å². The highest BCUT2D eigenvalue weighted by molar-refractivity contribution is 9.10. The van der Waals surface area contributed by atoms with Gasteiger partial charge in [-0.2, -0.15) is 0 Å². The number of halogens is 1. The van der Waals surface area contributed by atoms with Gasteiger partial charge in [-0.1, -0.05) is 12.1 Å². The van der Waals surface area contributed by atoms with Gasteiger partial charge in [-0.3, -0.25) is 19.7 Å². The fourth-order valence-electron chi connectivity index (χ4n) is 5.89. The highest BCUT2D eigenvalue weighted by Crippen LogP contribution is 2.51. The molecule has 198 valence electrons. The molecule has 1 heterocycles. The largest absolute Gasteiger partial charge is 0.493 e. The van der Waals surface area contributed by atoms with Crippen LogP contribution < -0.4 is 9.47 Å². The number of benzene rings is 2. The van der Waals surface area contributed by atoms with Crippen LogP contribution in [-0.4, -0.2) is 35.0 Å². The molecule has 0 unspecified atom stereocenters. The molecular formula is C29H29BrN2O6. The number of carbonyl (C=O) groups excluding carboxylic acids is 2. The minimum Gasteiger partial charge on any atom is -0.493 e. The first-order chi connectivity index (χ1) is 18.3. The number of allylic oxidation sites excluding steroid dienone is 4. The lowest BCUT2D eigenvalue weighted by Crippen LogP contribution is -2.39. The van der Waals surface area contributed by atoms with Crippen LogP contribution in [-0.2, 0) is 16.2 Å². The number of nitro benzene ring substituents is 1. The summed E-state index contributed by atoms with van der Waals surface area (Å²) in [6.07, 6.45) is 4.22. The molecule has 0 amide bonds. The van der Waals surface area contributed by atoms with E-state index in [0.29, 0.717) is 34.4 Å². The molecule has 0 atom stereocenters. The third-order valence-corrected chi connectivity index (χ3v) is 8.08. The zero-order chi connectivity index (χ0) is 27.0. The van der Waals surface area contributed by atoms with Crippen molar-refractivity contribution in [2.24, 2.45) is 0 Å². The monoisotopic (exact) mass is 580 g/mol. The Bertz CT molecular complexity index is 1350. The Hall–Kier alpha value is -3.46. The normalized spacial score (nSPS) is 17.9. The van der Waals surface area contributed by atoms with Crippen molar-refractivity contribution in [3.8, 4) is 11.5 Å². The number of nitro groups is 1. The third kappa shape index (κ3) is 4.64. The van der Waals surface area contributed by atoms with E-state index >= 15 is 0 Å². The molecule has 1 aliphatic heterocycles. The number of methoxy groups -OCH3 is 1. The molecule has 2 aliphatic carbocycles. The number of ether oxygens (including phenoxy) is 2. The van der Waals surface area contributed by atoms with Crippen LogP contribution in [0.2, 0.25) is 0 Å². The van der Waals surface area contributed by atoms with Crippen molar-refractivity contribution in [3.63, 3.8) is 0 Å². The minimum absolute atomic E-state index is 0.00615. The number of rotatable bonds is 7. The second kappa shape index (κ2) is 10.7. The van der Waals surface area contributed by atoms with Gasteiger partial charge >= 0.3 is 0 Å². The van der Waals surface area contributed by atoms with Crippen molar-refractivity contribution in [1.82, 2.24) is 4.90 Å². The van der Waals surface area contributed by atoms with E-state index in [2.05, 4.69) is 27.8 Å². The lowest BCUT2D eigenvalue weighted by atomic mass is 9.71. The summed E-state index contributed by atoms with van der Waals surface area (Å²) in [5.74, 6) is 0.650. The maximum atomic E-state index is 13.4. The van der Waals surface area contributed by atoms with Gasteiger partial charge in [-0.15, -0.1) is 0 Å². The molecule has 0 aromatic heterocycles. The van der Waals surface area contributed by atoms with Gasteiger partial charge in [0, 0.05) is 60.0 Å². The first-order valence-corrected chi connectivity index (χ1v) is 13.7. The van der Waals surface area contributed by atoms with Crippen LogP contribution in [0.25, 0.3) is 0 Å². The highest BCUT2D eigenvalue weighted by Gasteiger charge is 2.43. The number of ketones is 2. The molecular weight excluding hydrogens is 552 g/mol. The van der Waals surface area contributed by atoms with Gasteiger partial charge in [0.25, 0.3) is 5.69 Å². The molecule has 0 N–H and O–H groups in total. The van der Waals surface area contributed by atoms with E-state index in [4.69, 9.17) is 9.47 Å². The molecule has 0 bridgehead atoms. The van der Waals surface area contributed by atoms with Crippen LogP contribution >= 0.6 is 15.9 Å². The Morgan fingerprint density at radius 1 is 1.03 bits per heavy atom. The van der Waals surface area contributed by atoms with Crippen LogP contribution in [0.4, 0.5) is 5.69 Å². The summed E-state index contributed by atoms with van der Waals surface area (Å²) in [5, 5.41) is 11.1. The average molecular weight is 581 g/mol. The summed E-state index contributed by atoms with van der Waals surface area (Å²) >= 11 is 3.62. The average Bonchev–Trinajstić information content (AvgIpc) is 2.91. The Balaban J connectivity index is 1.56. The van der Waals surface area contributed by atoms with E-state index in [1.165, 1.54) is 12.1 Å². The lowest BCUT2D eigenvalue weighted by Gasteiger charge is -2.43. The predicted octanol–water partition coefficient (Wildman–Crippen LogP) is 6.38. The standard InChI is InChI=1S/C29H29BrN2O6/c1-3-31-21-9-5-11-23(33)27(21)26(28-22(31)10-6-12-24(28)34)18-14-20(30)29(25(15-18)37-2)38-16-17-7-4-8-19(13-17)32(35)36/h4,7-8,13-15,26H,3,5-6,9-12,16H2,1-2H3. The second-order valence-corrected chi connectivity index (χ2v) is 10.6. The van der Waals surface area contributed by atoms with Crippen LogP contribution in [0.5, 0.6) is 11.5 Å². The molecule has 38 heavy (non-hydrogen) atoms. The molecule has 0 saturated heterocycles. The summed E-state index contributed by atoms with van der Waals surface area (Å²) < 4.78 is 12.4. The van der Waals surface area contributed by atoms with Crippen molar-refractivity contribution in [3.05, 3.63) is 84.7 Å². The van der Waals surface area contributed by atoms with E-state index in [1.54, 1.807) is 19.2 Å². The Labute approximate surface area is 229 Å². The zero-order valence-electron chi connectivity index (χ0n) is 21.4. The van der Waals surface area contributed by atoms with Crippen LogP contribution in [0.15, 0.2) is 63.4 Å². The maximum absolute atomic E-state index is 13.4. The smallest absolute Gasteiger partial charge is 0.269 e. The van der Waals surface area contributed by atoms with Gasteiger partial charge in [0.1, 0.15) is 6.61 Å². The first kappa shape index (κ1) is 26.2. The highest BCUT2D eigenvalue weighted by atomic mass is 79.9. The van der Waals surface area contributed by atoms with Gasteiger partial charge in [0.2, 0.25) is 0 Å². The summed E-state index contributed by atoms with van der Waals surface area (Å²) in [4.78, 5) is 39.6. The fourth-order valence-corrected chi connectivity index (χ4v) is 6.47. The molecule has 0 spiro atoms. The van der Waals surface area contributed by atoms with Crippen molar-refractivity contribution in [1.29, 1.82) is 0 Å². The predicted molar refractivity (Wildman–Crippen MR) is 145 cm³/mol. The van der Waals surface area contributed by atoms with Crippen molar-refractivity contribution < 1.29 is 24.0 Å². The number of non-ortho nitro benzene ring substituents is 1. The summed E-state index contributed by atoms with van der Waals surface area (Å²) in [6.45, 7) is 2.90. The van der Waals surface area contributed by atoms with Crippen molar-refractivity contribution in [2.45, 2.75) is 58.0 Å². The molecule has 2 aromatic rings. The van der Waals surface area contributed by atoms with E-state index in [9.17, 15) is 19.7 Å². The molecule has 9 heteroatoms. The van der Waals surface area contributed by atoms with Crippen LogP contribution in [0.1, 0.15) is 62.5 Å². The van der Waals surface area contributed by atoms with Crippen molar-refractivity contribution in [2.75, 3.05) is 13.7 Å². The van der Waals surface area contributed by atoms with Gasteiger partial charge in [0.15, 0.2) is 23.1 Å². The third-order valence-electron chi connectivity index (χ3n) is 7.49. The molecule has 0 saturated carbocycles. The zero-order valence-corrected chi connectivity index (χ0v) is 23.0. The maximum Gasteiger partial charge on any atom is 0.269 e. The molecule has 5 rings (SSSR count). The topological polar surface area (TPSA) is 99.0 Å². The summed E-state index contributed by atoms with van der Waals surface area (Å²) in [5.41, 5.74) is 4.99. The first-order valence-electron chi connectivity index (χ1n) is 12.9. The Kier molecular flexibility index (Phi) is 7.38. The van der Waals surface area contributed by atoms with Crippen LogP contribution in [0.3, 0.4) is 0 Å². The Morgan fingerprint density at radius 3 is 2.26 bits per heavy atom. The SMILES string of the molecule is CCN1C2=C(C(=O)CCC2)C(c2cc(Br)c(OCc3cccc([N+](=O)[O-])c3)c(OC)c2)C2=C1CCCC2=O. The van der Waals surface area contributed by atoms with E-state index < -0.39 is 10.8 Å². The molecule has 2 aromatic carbocycles. The number of hydrogen-bond donors (Lipinski definition) is 0. The molecule has 3 aliphatic rings. The lowest BCUT2D eigenvalue weighted by molar-refractivity contribution is -0.384.